The molecular weight excluding hydrogens is 184 g/mol. The van der Waals surface area contributed by atoms with Crippen LogP contribution in [0.3, 0.4) is 0 Å². The van der Waals surface area contributed by atoms with Gasteiger partial charge >= 0.3 is 0 Å². The van der Waals surface area contributed by atoms with Crippen LogP contribution in [0, 0.1) is 17.2 Å². The van der Waals surface area contributed by atoms with Crippen molar-refractivity contribution >= 4 is 0 Å². The van der Waals surface area contributed by atoms with Crippen molar-refractivity contribution < 1.29 is 0 Å². The normalized spacial score (nSPS) is 26.5. The Morgan fingerprint density at radius 2 is 1.60 bits per heavy atom. The number of hydrogen-bond acceptors (Lipinski definition) is 2. The average molecular weight is 208 g/mol. The van der Waals surface area contributed by atoms with Gasteiger partial charge in [-0.15, -0.1) is 0 Å². The third kappa shape index (κ3) is 3.83. The second-order valence-corrected chi connectivity index (χ2v) is 4.67. The maximum Gasteiger partial charge on any atom is 0.0655 e. The molecule has 15 heavy (non-hydrogen) atoms. The molecule has 0 amide bonds. The Hall–Kier alpha value is -0.550. The van der Waals surface area contributed by atoms with Crippen LogP contribution in [0.4, 0.5) is 0 Å². The minimum absolute atomic E-state index is 0.339. The highest BCUT2D eigenvalue weighted by atomic mass is 15.1. The predicted octanol–water partition coefficient (Wildman–Crippen LogP) is 3.19. The molecule has 1 rings (SSSR count). The third-order valence-electron chi connectivity index (χ3n) is 3.42. The Kier molecular flexibility index (Phi) is 5.71. The van der Waals surface area contributed by atoms with Crippen LogP contribution in [0.2, 0.25) is 0 Å². The van der Waals surface area contributed by atoms with Crippen molar-refractivity contribution in [2.75, 3.05) is 13.1 Å². The van der Waals surface area contributed by atoms with E-state index in [1.54, 1.807) is 0 Å². The predicted molar refractivity (Wildman–Crippen MR) is 63.5 cm³/mol. The highest BCUT2D eigenvalue weighted by Gasteiger charge is 2.24. The van der Waals surface area contributed by atoms with Gasteiger partial charge in [0.15, 0.2) is 0 Å². The maximum atomic E-state index is 8.86. The molecule has 0 aromatic carbocycles. The summed E-state index contributed by atoms with van der Waals surface area (Å²) in [4.78, 5) is 2.63. The first kappa shape index (κ1) is 12.5. The van der Waals surface area contributed by atoms with Crippen LogP contribution in [0.25, 0.3) is 0 Å². The fourth-order valence-corrected chi connectivity index (χ4v) is 2.62. The number of nitriles is 1. The fraction of sp³-hybridized carbons (Fsp3) is 0.923. The van der Waals surface area contributed by atoms with Crippen LogP contribution >= 0.6 is 0 Å². The van der Waals surface area contributed by atoms with Crippen LogP contribution < -0.4 is 0 Å². The average Bonchev–Trinajstić information content (AvgIpc) is 2.29. The molecular formula is C13H24N2. The molecule has 86 valence electrons. The van der Waals surface area contributed by atoms with Crippen LogP contribution in [-0.2, 0) is 0 Å². The summed E-state index contributed by atoms with van der Waals surface area (Å²) in [6.45, 7) is 6.97. The largest absolute Gasteiger partial charge is 0.300 e. The van der Waals surface area contributed by atoms with Gasteiger partial charge in [0.1, 0.15) is 0 Å². The zero-order valence-electron chi connectivity index (χ0n) is 10.2. The Morgan fingerprint density at radius 1 is 1.07 bits per heavy atom. The lowest BCUT2D eigenvalue weighted by Crippen LogP contribution is -2.39. The molecule has 0 aliphatic heterocycles. The van der Waals surface area contributed by atoms with Crippen molar-refractivity contribution in [1.29, 1.82) is 5.26 Å². The molecule has 1 saturated carbocycles. The standard InChI is InChI=1S/C13H24N2/c1-3-9-15(10-4-2)13-7-5-12(11-14)6-8-13/h12-13H,3-10H2,1-2H3. The first-order valence-corrected chi connectivity index (χ1v) is 6.45. The van der Waals surface area contributed by atoms with E-state index in [0.717, 1.165) is 18.9 Å². The van der Waals surface area contributed by atoms with E-state index in [4.69, 9.17) is 5.26 Å². The molecule has 2 nitrogen and oxygen atoms in total. The van der Waals surface area contributed by atoms with E-state index >= 15 is 0 Å². The Balaban J connectivity index is 2.38. The first-order valence-electron chi connectivity index (χ1n) is 6.45. The summed E-state index contributed by atoms with van der Waals surface area (Å²) in [5.41, 5.74) is 0. The molecule has 0 aromatic rings. The fourth-order valence-electron chi connectivity index (χ4n) is 2.62. The van der Waals surface area contributed by atoms with E-state index in [0.29, 0.717) is 5.92 Å². The summed E-state index contributed by atoms with van der Waals surface area (Å²) in [6.07, 6.45) is 7.20. The minimum atomic E-state index is 0.339. The summed E-state index contributed by atoms with van der Waals surface area (Å²) in [7, 11) is 0. The van der Waals surface area contributed by atoms with Gasteiger partial charge in [0.05, 0.1) is 6.07 Å². The molecule has 0 saturated heterocycles. The molecule has 1 fully saturated rings. The summed E-state index contributed by atoms with van der Waals surface area (Å²) in [5.74, 6) is 0.339. The van der Waals surface area contributed by atoms with Gasteiger partial charge in [-0.05, 0) is 51.6 Å². The molecule has 0 atom stereocenters. The Morgan fingerprint density at radius 3 is 2.00 bits per heavy atom. The van der Waals surface area contributed by atoms with E-state index in [1.807, 2.05) is 0 Å². The second kappa shape index (κ2) is 6.85. The van der Waals surface area contributed by atoms with E-state index in [9.17, 15) is 0 Å². The lowest BCUT2D eigenvalue weighted by atomic mass is 9.86. The summed E-state index contributed by atoms with van der Waals surface area (Å²) >= 11 is 0. The smallest absolute Gasteiger partial charge is 0.0655 e. The van der Waals surface area contributed by atoms with Crippen molar-refractivity contribution in [1.82, 2.24) is 4.90 Å². The zero-order chi connectivity index (χ0) is 11.1. The van der Waals surface area contributed by atoms with Gasteiger partial charge in [0.2, 0.25) is 0 Å². The molecule has 0 N–H and O–H groups in total. The lowest BCUT2D eigenvalue weighted by molar-refractivity contribution is 0.146. The van der Waals surface area contributed by atoms with Gasteiger partial charge in [0, 0.05) is 12.0 Å². The van der Waals surface area contributed by atoms with E-state index in [2.05, 4.69) is 24.8 Å². The molecule has 0 spiro atoms. The van der Waals surface area contributed by atoms with Crippen molar-refractivity contribution in [2.24, 2.45) is 5.92 Å². The van der Waals surface area contributed by atoms with Crippen LogP contribution in [0.15, 0.2) is 0 Å². The van der Waals surface area contributed by atoms with Crippen LogP contribution in [0.1, 0.15) is 52.4 Å². The minimum Gasteiger partial charge on any atom is -0.300 e. The van der Waals surface area contributed by atoms with Crippen molar-refractivity contribution in [3.63, 3.8) is 0 Å². The van der Waals surface area contributed by atoms with Gasteiger partial charge in [-0.1, -0.05) is 13.8 Å². The van der Waals surface area contributed by atoms with E-state index < -0.39 is 0 Å². The highest BCUT2D eigenvalue weighted by molar-refractivity contribution is 4.89. The molecule has 1 aliphatic carbocycles. The SMILES string of the molecule is CCCN(CCC)C1CCC(C#N)CC1. The van der Waals surface area contributed by atoms with E-state index in [1.165, 1.54) is 38.8 Å². The molecule has 1 aliphatic rings. The van der Waals surface area contributed by atoms with Gasteiger partial charge in [0.25, 0.3) is 0 Å². The van der Waals surface area contributed by atoms with Crippen molar-refractivity contribution in [2.45, 2.75) is 58.4 Å². The second-order valence-electron chi connectivity index (χ2n) is 4.67. The Bertz CT molecular complexity index is 193. The van der Waals surface area contributed by atoms with E-state index in [-0.39, 0.29) is 0 Å². The number of nitrogens with zero attached hydrogens (tertiary/aromatic N) is 2. The molecule has 0 heterocycles. The topological polar surface area (TPSA) is 27.0 Å². The third-order valence-corrected chi connectivity index (χ3v) is 3.42. The maximum absolute atomic E-state index is 8.86. The Labute approximate surface area is 94.3 Å². The van der Waals surface area contributed by atoms with Crippen molar-refractivity contribution in [3.05, 3.63) is 0 Å². The van der Waals surface area contributed by atoms with Gasteiger partial charge in [-0.2, -0.15) is 5.26 Å². The number of hydrogen-bond donors (Lipinski definition) is 0. The first-order chi connectivity index (χ1) is 7.31. The van der Waals surface area contributed by atoms with Crippen LogP contribution in [0.5, 0.6) is 0 Å². The molecule has 0 unspecified atom stereocenters. The molecule has 2 heteroatoms. The zero-order valence-corrected chi connectivity index (χ0v) is 10.2. The van der Waals surface area contributed by atoms with Gasteiger partial charge < -0.3 is 4.90 Å². The summed E-state index contributed by atoms with van der Waals surface area (Å²) < 4.78 is 0. The van der Waals surface area contributed by atoms with Gasteiger partial charge in [-0.3, -0.25) is 0 Å². The molecule has 0 aromatic heterocycles. The monoisotopic (exact) mass is 208 g/mol. The summed E-state index contributed by atoms with van der Waals surface area (Å²) in [6, 6.07) is 3.17. The highest BCUT2D eigenvalue weighted by Crippen LogP contribution is 2.27. The molecule has 0 radical (unpaired) electrons. The van der Waals surface area contributed by atoms with Crippen molar-refractivity contribution in [3.8, 4) is 6.07 Å². The number of rotatable bonds is 5. The molecule has 0 bridgehead atoms. The van der Waals surface area contributed by atoms with Crippen LogP contribution in [-0.4, -0.2) is 24.0 Å². The van der Waals surface area contributed by atoms with Gasteiger partial charge in [-0.25, -0.2) is 0 Å². The summed E-state index contributed by atoms with van der Waals surface area (Å²) in [5, 5.41) is 8.86. The lowest BCUT2D eigenvalue weighted by Gasteiger charge is -2.35. The quantitative estimate of drug-likeness (QED) is 0.694.